The quantitative estimate of drug-likeness (QED) is 0.617. The number of benzene rings is 1. The molecule has 9 nitrogen and oxygen atoms in total. The number of fused-ring (bicyclic) bond motifs is 1. The van der Waals surface area contributed by atoms with E-state index in [2.05, 4.69) is 10.2 Å². The van der Waals surface area contributed by atoms with Crippen molar-refractivity contribution in [2.75, 3.05) is 0 Å². The number of nitro benzene ring substituents is 1. The molecule has 1 atom stereocenters. The molecule has 2 heterocycles. The number of nitrogens with one attached hydrogen (secondary N) is 1. The van der Waals surface area contributed by atoms with Gasteiger partial charge in [-0.25, -0.2) is 0 Å². The highest BCUT2D eigenvalue weighted by atomic mass is 16.6. The van der Waals surface area contributed by atoms with Gasteiger partial charge in [0.15, 0.2) is 0 Å². The van der Waals surface area contributed by atoms with Gasteiger partial charge in [-0.05, 0) is 12.5 Å². The minimum Gasteiger partial charge on any atom is -0.872 e. The summed E-state index contributed by atoms with van der Waals surface area (Å²) in [5.74, 6) is -1.33. The minimum absolute atomic E-state index is 0.0135. The van der Waals surface area contributed by atoms with Gasteiger partial charge in [0.1, 0.15) is 11.6 Å². The van der Waals surface area contributed by atoms with Crippen LogP contribution in [-0.2, 0) is 0 Å². The molecule has 0 spiro atoms. The summed E-state index contributed by atoms with van der Waals surface area (Å²) in [5.41, 5.74) is 6.62. The molecule has 1 aromatic heterocycles. The summed E-state index contributed by atoms with van der Waals surface area (Å²) >= 11 is 0. The maximum Gasteiger partial charge on any atom is 0.269 e. The molecule has 0 saturated heterocycles. The molecule has 23 heavy (non-hydrogen) atoms. The Bertz CT molecular complexity index is 893. The minimum atomic E-state index is -0.866. The number of aromatic amines is 1. The van der Waals surface area contributed by atoms with Gasteiger partial charge in [-0.1, -0.05) is 6.07 Å². The highest BCUT2D eigenvalue weighted by molar-refractivity contribution is 5.59. The molecule has 0 fully saturated rings. The number of ether oxygens (including phenoxy) is 1. The van der Waals surface area contributed by atoms with Crippen LogP contribution in [0, 0.1) is 28.4 Å². The Hall–Kier alpha value is -3.54. The fourth-order valence-corrected chi connectivity index (χ4v) is 2.58. The SMILES string of the molecule is Cc1[nH]nc2c1[C@H](c1cc([N+](=O)[O-])ccc1[O-])C(C#N)=C(N)O2. The fraction of sp³-hybridized carbons (Fsp3) is 0.143. The third kappa shape index (κ3) is 2.13. The molecular formula is C14H10N5O4-. The number of H-pyrrole nitrogens is 1. The molecule has 1 aliphatic rings. The van der Waals surface area contributed by atoms with Crippen molar-refractivity contribution in [3.05, 3.63) is 56.6 Å². The highest BCUT2D eigenvalue weighted by Gasteiger charge is 2.35. The first-order valence-electron chi connectivity index (χ1n) is 6.51. The zero-order valence-electron chi connectivity index (χ0n) is 11.9. The number of aromatic nitrogens is 2. The van der Waals surface area contributed by atoms with Gasteiger partial charge in [0.05, 0.1) is 10.8 Å². The lowest BCUT2D eigenvalue weighted by Gasteiger charge is -2.26. The average Bonchev–Trinajstić information content (AvgIpc) is 2.87. The maximum atomic E-state index is 12.2. The zero-order valence-corrected chi connectivity index (χ0v) is 11.9. The molecule has 0 bridgehead atoms. The molecule has 1 aromatic carbocycles. The van der Waals surface area contributed by atoms with Crippen molar-refractivity contribution in [3.8, 4) is 17.7 Å². The largest absolute Gasteiger partial charge is 0.872 e. The smallest absolute Gasteiger partial charge is 0.269 e. The molecule has 0 aliphatic carbocycles. The maximum absolute atomic E-state index is 12.2. The first kappa shape index (κ1) is 14.4. The number of hydrogen-bond donors (Lipinski definition) is 2. The van der Waals surface area contributed by atoms with E-state index < -0.39 is 16.6 Å². The monoisotopic (exact) mass is 312 g/mol. The van der Waals surface area contributed by atoms with Crippen molar-refractivity contribution in [1.29, 1.82) is 5.26 Å². The van der Waals surface area contributed by atoms with E-state index in [9.17, 15) is 20.5 Å². The average molecular weight is 312 g/mol. The molecule has 9 heteroatoms. The fourth-order valence-electron chi connectivity index (χ4n) is 2.58. The lowest BCUT2D eigenvalue weighted by atomic mass is 9.83. The van der Waals surface area contributed by atoms with E-state index in [1.165, 1.54) is 0 Å². The summed E-state index contributed by atoms with van der Waals surface area (Å²) in [5, 5.41) is 39.2. The number of nitriles is 1. The van der Waals surface area contributed by atoms with Gasteiger partial charge in [-0.15, -0.1) is 10.8 Å². The second-order valence-electron chi connectivity index (χ2n) is 4.97. The first-order valence-corrected chi connectivity index (χ1v) is 6.51. The summed E-state index contributed by atoms with van der Waals surface area (Å²) in [4.78, 5) is 10.4. The van der Waals surface area contributed by atoms with E-state index in [0.717, 1.165) is 18.2 Å². The van der Waals surface area contributed by atoms with Crippen LogP contribution in [0.3, 0.4) is 0 Å². The van der Waals surface area contributed by atoms with Crippen LogP contribution in [0.15, 0.2) is 29.7 Å². The van der Waals surface area contributed by atoms with Gasteiger partial charge in [-0.2, -0.15) is 5.26 Å². The molecule has 1 aliphatic heterocycles. The molecule has 0 unspecified atom stereocenters. The predicted octanol–water partition coefficient (Wildman–Crippen LogP) is 0.918. The third-order valence-corrected chi connectivity index (χ3v) is 3.64. The second-order valence-corrected chi connectivity index (χ2v) is 4.97. The molecular weight excluding hydrogens is 302 g/mol. The predicted molar refractivity (Wildman–Crippen MR) is 75.2 cm³/mol. The number of nitrogens with two attached hydrogens (primary N) is 1. The van der Waals surface area contributed by atoms with Crippen LogP contribution >= 0.6 is 0 Å². The van der Waals surface area contributed by atoms with E-state index in [1.54, 1.807) is 6.92 Å². The van der Waals surface area contributed by atoms with Crippen molar-refractivity contribution in [2.45, 2.75) is 12.8 Å². The van der Waals surface area contributed by atoms with Crippen molar-refractivity contribution < 1.29 is 14.8 Å². The summed E-state index contributed by atoms with van der Waals surface area (Å²) in [6.07, 6.45) is 0. The number of nitrogens with zero attached hydrogens (tertiary/aromatic N) is 3. The number of rotatable bonds is 2. The Labute approximate surface area is 129 Å². The molecule has 0 amide bonds. The molecule has 3 rings (SSSR count). The summed E-state index contributed by atoms with van der Waals surface area (Å²) < 4.78 is 5.28. The second kappa shape index (κ2) is 5.03. The van der Waals surface area contributed by atoms with Gasteiger partial charge in [0.2, 0.25) is 11.8 Å². The Balaban J connectivity index is 2.29. The number of aryl methyl sites for hydroxylation is 1. The normalized spacial score (nSPS) is 16.4. The van der Waals surface area contributed by atoms with Crippen molar-refractivity contribution in [1.82, 2.24) is 10.2 Å². The molecule has 3 N–H and O–H groups in total. The number of hydrogen-bond acceptors (Lipinski definition) is 7. The van der Waals surface area contributed by atoms with Crippen molar-refractivity contribution in [2.24, 2.45) is 5.73 Å². The van der Waals surface area contributed by atoms with Gasteiger partial charge < -0.3 is 15.6 Å². The highest BCUT2D eigenvalue weighted by Crippen LogP contribution is 2.45. The lowest BCUT2D eigenvalue weighted by molar-refractivity contribution is -0.385. The molecule has 0 saturated carbocycles. The Kier molecular flexibility index (Phi) is 3.15. The van der Waals surface area contributed by atoms with Crippen LogP contribution in [0.2, 0.25) is 0 Å². The lowest BCUT2D eigenvalue weighted by Crippen LogP contribution is -2.21. The topological polar surface area (TPSA) is 154 Å². The van der Waals surface area contributed by atoms with E-state index in [0.29, 0.717) is 11.3 Å². The molecule has 116 valence electrons. The molecule has 0 radical (unpaired) electrons. The summed E-state index contributed by atoms with van der Waals surface area (Å²) in [6.45, 7) is 1.69. The summed E-state index contributed by atoms with van der Waals surface area (Å²) in [7, 11) is 0. The van der Waals surface area contributed by atoms with Crippen molar-refractivity contribution in [3.63, 3.8) is 0 Å². The van der Waals surface area contributed by atoms with Crippen LogP contribution in [0.4, 0.5) is 5.69 Å². The Morgan fingerprint density at radius 3 is 2.91 bits per heavy atom. The first-order chi connectivity index (χ1) is 10.9. The van der Waals surface area contributed by atoms with Gasteiger partial charge in [0, 0.05) is 23.4 Å². The summed E-state index contributed by atoms with van der Waals surface area (Å²) in [6, 6.07) is 5.29. The van der Waals surface area contributed by atoms with Crippen LogP contribution in [0.1, 0.15) is 22.7 Å². The van der Waals surface area contributed by atoms with E-state index in [1.807, 2.05) is 6.07 Å². The van der Waals surface area contributed by atoms with E-state index in [4.69, 9.17) is 10.5 Å². The van der Waals surface area contributed by atoms with Gasteiger partial charge in [-0.3, -0.25) is 15.2 Å². The van der Waals surface area contributed by atoms with Crippen molar-refractivity contribution >= 4 is 5.69 Å². The molecule has 2 aromatic rings. The van der Waals surface area contributed by atoms with E-state index in [-0.39, 0.29) is 28.6 Å². The number of nitro groups is 1. The van der Waals surface area contributed by atoms with Crippen LogP contribution < -0.4 is 15.6 Å². The van der Waals surface area contributed by atoms with Crippen LogP contribution in [0.5, 0.6) is 11.6 Å². The zero-order chi connectivity index (χ0) is 16.7. The Morgan fingerprint density at radius 1 is 1.52 bits per heavy atom. The number of allylic oxidation sites excluding steroid dienone is 1. The Morgan fingerprint density at radius 2 is 2.26 bits per heavy atom. The third-order valence-electron chi connectivity index (χ3n) is 3.64. The number of non-ortho nitro benzene ring substituents is 1. The van der Waals surface area contributed by atoms with Gasteiger partial charge in [0.25, 0.3) is 5.69 Å². The standard InChI is InChI=1S/C14H11N5O4/c1-6-11-12(8-4-7(19(21)22)2-3-10(8)20)9(5-15)13(16)23-14(11)18-17-6/h2-4,12,20H,16H2,1H3,(H,17,18)/p-1/t12-/m1/s1. The van der Waals surface area contributed by atoms with Gasteiger partial charge >= 0.3 is 0 Å². The van der Waals surface area contributed by atoms with Crippen LogP contribution in [0.25, 0.3) is 0 Å². The van der Waals surface area contributed by atoms with E-state index >= 15 is 0 Å². The van der Waals surface area contributed by atoms with Crippen LogP contribution in [-0.4, -0.2) is 15.1 Å².